The van der Waals surface area contributed by atoms with Crippen LogP contribution in [-0.2, 0) is 14.8 Å². The highest BCUT2D eigenvalue weighted by Crippen LogP contribution is 2.34. The third-order valence-electron chi connectivity index (χ3n) is 4.56. The highest BCUT2D eigenvalue weighted by atomic mass is 79.9. The topological polar surface area (TPSA) is 101 Å². The van der Waals surface area contributed by atoms with Crippen molar-refractivity contribution in [2.45, 2.75) is 18.7 Å². The Bertz CT molecular complexity index is 1270. The summed E-state index contributed by atoms with van der Waals surface area (Å²) in [6.45, 7) is 3.05. The van der Waals surface area contributed by atoms with Crippen LogP contribution < -0.4 is 14.5 Å². The Labute approximate surface area is 205 Å². The summed E-state index contributed by atoms with van der Waals surface area (Å²) >= 11 is 9.45. The van der Waals surface area contributed by atoms with Crippen LogP contribution in [-0.4, -0.2) is 34.2 Å². The second kappa shape index (κ2) is 10.4. The molecule has 0 saturated carbocycles. The van der Waals surface area contributed by atoms with Gasteiger partial charge in [-0.05, 0) is 60.1 Å². The highest BCUT2D eigenvalue weighted by Gasteiger charge is 2.29. The van der Waals surface area contributed by atoms with Gasteiger partial charge in [-0.2, -0.15) is 5.10 Å². The number of hydrazone groups is 1. The van der Waals surface area contributed by atoms with Gasteiger partial charge in [-0.1, -0.05) is 29.3 Å². The van der Waals surface area contributed by atoms with Gasteiger partial charge in [0.15, 0.2) is 0 Å². The maximum Gasteiger partial charge on any atom is 0.264 e. The van der Waals surface area contributed by atoms with Gasteiger partial charge in [-0.25, -0.2) is 13.8 Å². The van der Waals surface area contributed by atoms with Gasteiger partial charge in [0.25, 0.3) is 15.9 Å². The molecule has 0 atom stereocenters. The van der Waals surface area contributed by atoms with Gasteiger partial charge in [0.05, 0.1) is 28.4 Å². The van der Waals surface area contributed by atoms with Crippen LogP contribution in [0.5, 0.6) is 5.75 Å². The van der Waals surface area contributed by atoms with Crippen molar-refractivity contribution in [1.82, 2.24) is 5.43 Å². The number of hydrogen-bond acceptors (Lipinski definition) is 6. The molecule has 0 aliphatic carbocycles. The number of aryl methyl sites for hydroxylation is 2. The van der Waals surface area contributed by atoms with Gasteiger partial charge >= 0.3 is 0 Å². The van der Waals surface area contributed by atoms with Crippen molar-refractivity contribution in [3.05, 3.63) is 75.1 Å². The Morgan fingerprint density at radius 2 is 1.91 bits per heavy atom. The van der Waals surface area contributed by atoms with E-state index in [2.05, 4.69) is 26.5 Å². The van der Waals surface area contributed by atoms with Crippen molar-refractivity contribution in [2.75, 3.05) is 18.0 Å². The molecule has 1 heterocycles. The lowest BCUT2D eigenvalue weighted by Gasteiger charge is -2.25. The van der Waals surface area contributed by atoms with Crippen LogP contribution in [0.4, 0.5) is 5.69 Å². The fraction of sp³-hybridized carbons (Fsp3) is 0.182. The Hall–Kier alpha value is -2.82. The Morgan fingerprint density at radius 1 is 1.21 bits per heavy atom. The standard InChI is InChI=1S/C22H21BrClN3O5S/c1-14-4-7-18(8-5-14)33(29,30)27(20-10-16(24)6-9-21(20)31-3)13-22(28)26-25-12-17-11-19(23)15(2)32-17/h4-12H,13H2,1-3H3,(H,26,28)/b25-12-. The predicted octanol–water partition coefficient (Wildman–Crippen LogP) is 4.67. The van der Waals surface area contributed by atoms with Crippen molar-refractivity contribution in [1.29, 1.82) is 0 Å². The molecule has 8 nitrogen and oxygen atoms in total. The van der Waals surface area contributed by atoms with E-state index >= 15 is 0 Å². The minimum Gasteiger partial charge on any atom is -0.495 e. The second-order valence-electron chi connectivity index (χ2n) is 6.99. The average Bonchev–Trinajstić information content (AvgIpc) is 3.09. The monoisotopic (exact) mass is 553 g/mol. The van der Waals surface area contributed by atoms with E-state index in [9.17, 15) is 13.2 Å². The normalized spacial score (nSPS) is 11.5. The quantitative estimate of drug-likeness (QED) is 0.322. The highest BCUT2D eigenvalue weighted by molar-refractivity contribution is 9.10. The van der Waals surface area contributed by atoms with Crippen molar-refractivity contribution < 1.29 is 22.4 Å². The summed E-state index contributed by atoms with van der Waals surface area (Å²) in [5, 5.41) is 4.14. The molecule has 0 aliphatic rings. The van der Waals surface area contributed by atoms with E-state index in [4.69, 9.17) is 20.8 Å². The minimum atomic E-state index is -4.14. The molecule has 3 aromatic rings. The van der Waals surface area contributed by atoms with Crippen molar-refractivity contribution >= 4 is 55.4 Å². The molecule has 2 aromatic carbocycles. The number of hydrogen-bond donors (Lipinski definition) is 1. The van der Waals surface area contributed by atoms with Crippen molar-refractivity contribution in [3.8, 4) is 5.75 Å². The van der Waals surface area contributed by atoms with Crippen LogP contribution in [0.2, 0.25) is 5.02 Å². The lowest BCUT2D eigenvalue weighted by molar-refractivity contribution is -0.119. The van der Waals surface area contributed by atoms with Crippen LogP contribution in [0, 0.1) is 13.8 Å². The number of halogens is 2. The molecule has 33 heavy (non-hydrogen) atoms. The zero-order valence-corrected chi connectivity index (χ0v) is 21.2. The molecule has 0 aliphatic heterocycles. The van der Waals surface area contributed by atoms with Gasteiger partial charge in [0.2, 0.25) is 0 Å². The second-order valence-corrected chi connectivity index (χ2v) is 10.1. The number of methoxy groups -OCH3 is 1. The van der Waals surface area contributed by atoms with E-state index in [1.165, 1.54) is 37.6 Å². The predicted molar refractivity (Wildman–Crippen MR) is 131 cm³/mol. The molecule has 11 heteroatoms. The summed E-state index contributed by atoms with van der Waals surface area (Å²) in [4.78, 5) is 12.7. The van der Waals surface area contributed by atoms with Gasteiger partial charge in [0, 0.05) is 11.1 Å². The van der Waals surface area contributed by atoms with Crippen LogP contribution >= 0.6 is 27.5 Å². The number of amides is 1. The number of carbonyl (C=O) groups is 1. The van der Waals surface area contributed by atoms with Crippen LogP contribution in [0.25, 0.3) is 0 Å². The molecule has 0 radical (unpaired) electrons. The number of rotatable bonds is 8. The number of furan rings is 1. The Morgan fingerprint density at radius 3 is 2.52 bits per heavy atom. The number of nitrogens with one attached hydrogen (secondary N) is 1. The first-order valence-corrected chi connectivity index (χ1v) is 12.2. The number of benzene rings is 2. The van der Waals surface area contributed by atoms with E-state index in [-0.39, 0.29) is 21.4 Å². The maximum absolute atomic E-state index is 13.5. The van der Waals surface area contributed by atoms with Gasteiger partial charge in [0.1, 0.15) is 23.8 Å². The van der Waals surface area contributed by atoms with Crippen LogP contribution in [0.1, 0.15) is 17.1 Å². The van der Waals surface area contributed by atoms with E-state index < -0.39 is 22.5 Å². The molecule has 174 valence electrons. The van der Waals surface area contributed by atoms with E-state index in [1.54, 1.807) is 31.2 Å². The average molecular weight is 555 g/mol. The summed E-state index contributed by atoms with van der Waals surface area (Å²) in [6.07, 6.45) is 1.31. The molecule has 0 unspecified atom stereocenters. The maximum atomic E-state index is 13.5. The summed E-state index contributed by atoms with van der Waals surface area (Å²) in [6, 6.07) is 12.5. The Kier molecular flexibility index (Phi) is 7.83. The van der Waals surface area contributed by atoms with E-state index in [1.807, 2.05) is 6.92 Å². The SMILES string of the molecule is COc1ccc(Cl)cc1N(CC(=O)N/N=C\c1cc(Br)c(C)o1)S(=O)(=O)c1ccc(C)cc1. The third kappa shape index (κ3) is 5.95. The molecular formula is C22H21BrClN3O5S. The molecule has 1 aromatic heterocycles. The van der Waals surface area contributed by atoms with Crippen molar-refractivity contribution in [3.63, 3.8) is 0 Å². The zero-order chi connectivity index (χ0) is 24.2. The van der Waals surface area contributed by atoms with Crippen molar-refractivity contribution in [2.24, 2.45) is 5.10 Å². The van der Waals surface area contributed by atoms with Gasteiger partial charge < -0.3 is 9.15 Å². The summed E-state index contributed by atoms with van der Waals surface area (Å²) in [5.41, 5.74) is 3.34. The molecule has 0 fully saturated rings. The number of nitrogens with zero attached hydrogens (tertiary/aromatic N) is 2. The van der Waals surface area contributed by atoms with E-state index in [0.29, 0.717) is 11.5 Å². The van der Waals surface area contributed by atoms with Crippen LogP contribution in [0.3, 0.4) is 0 Å². The first kappa shape index (κ1) is 24.8. The fourth-order valence-corrected chi connectivity index (χ4v) is 4.77. The lowest BCUT2D eigenvalue weighted by atomic mass is 10.2. The largest absolute Gasteiger partial charge is 0.495 e. The number of ether oxygens (including phenoxy) is 1. The molecule has 0 saturated heterocycles. The zero-order valence-electron chi connectivity index (χ0n) is 18.0. The third-order valence-corrected chi connectivity index (χ3v) is 7.36. The first-order chi connectivity index (χ1) is 15.6. The Balaban J connectivity index is 1.92. The summed E-state index contributed by atoms with van der Waals surface area (Å²) in [5.74, 6) is 0.639. The molecule has 1 amide bonds. The van der Waals surface area contributed by atoms with Crippen LogP contribution in [0.15, 0.2) is 67.4 Å². The fourth-order valence-electron chi connectivity index (χ4n) is 2.87. The van der Waals surface area contributed by atoms with E-state index in [0.717, 1.165) is 14.3 Å². The smallest absolute Gasteiger partial charge is 0.264 e. The number of anilines is 1. The molecule has 1 N–H and O–H groups in total. The number of sulfonamides is 1. The minimum absolute atomic E-state index is 0.0161. The first-order valence-electron chi connectivity index (χ1n) is 9.62. The lowest BCUT2D eigenvalue weighted by Crippen LogP contribution is -2.39. The molecular weight excluding hydrogens is 534 g/mol. The molecule has 0 spiro atoms. The number of carbonyl (C=O) groups excluding carboxylic acids is 1. The summed E-state index contributed by atoms with van der Waals surface area (Å²) in [7, 11) is -2.74. The molecule has 3 rings (SSSR count). The molecule has 0 bridgehead atoms. The summed E-state index contributed by atoms with van der Waals surface area (Å²) < 4.78 is 39.4. The van der Waals surface area contributed by atoms with Gasteiger partial charge in [-0.15, -0.1) is 0 Å². The van der Waals surface area contributed by atoms with Gasteiger partial charge in [-0.3, -0.25) is 9.10 Å².